The van der Waals surface area contributed by atoms with Gasteiger partial charge in [-0.3, -0.25) is 14.2 Å². The summed E-state index contributed by atoms with van der Waals surface area (Å²) in [5.74, 6) is 0.689. The van der Waals surface area contributed by atoms with Gasteiger partial charge in [0.2, 0.25) is 5.91 Å². The SMILES string of the molecule is O=C(CC1CSc2nc3c(cnn3-c3ccc(Cl)cc3)c(=O)n21)N1CCCc2ccccc21. The fourth-order valence-electron chi connectivity index (χ4n) is 4.66. The van der Waals surface area contributed by atoms with Crippen LogP contribution in [0.3, 0.4) is 0 Å². The van der Waals surface area contributed by atoms with Crippen molar-refractivity contribution < 1.29 is 4.79 Å². The summed E-state index contributed by atoms with van der Waals surface area (Å²) < 4.78 is 3.33. The number of aromatic nitrogens is 4. The van der Waals surface area contributed by atoms with Gasteiger partial charge in [0, 0.05) is 29.4 Å². The molecule has 1 atom stereocenters. The molecule has 1 amide bonds. The molecule has 0 saturated heterocycles. The molecule has 2 aromatic carbocycles. The van der Waals surface area contributed by atoms with Gasteiger partial charge in [-0.25, -0.2) is 9.67 Å². The van der Waals surface area contributed by atoms with Crippen LogP contribution in [0, 0.1) is 0 Å². The summed E-state index contributed by atoms with van der Waals surface area (Å²) in [5.41, 5.74) is 3.33. The lowest BCUT2D eigenvalue weighted by Gasteiger charge is -2.30. The highest BCUT2D eigenvalue weighted by Crippen LogP contribution is 2.35. The van der Waals surface area contributed by atoms with Crippen molar-refractivity contribution in [2.75, 3.05) is 17.2 Å². The normalized spacial score (nSPS) is 17.2. The molecule has 2 aromatic heterocycles. The Balaban J connectivity index is 1.33. The predicted octanol–water partition coefficient (Wildman–Crippen LogP) is 4.25. The third kappa shape index (κ3) is 3.45. The standard InChI is InChI=1S/C24H20ClN5O2S/c25-16-7-9-17(10-8-16)30-22-19(13-26-30)23(32)29-18(14-33-24(29)27-22)12-21(31)28-11-3-5-15-4-1-2-6-20(15)28/h1-2,4,6-10,13,18H,3,5,11-12,14H2. The number of rotatable bonds is 3. The van der Waals surface area contributed by atoms with Gasteiger partial charge >= 0.3 is 0 Å². The summed E-state index contributed by atoms with van der Waals surface area (Å²) in [6.45, 7) is 0.711. The number of amides is 1. The van der Waals surface area contributed by atoms with Crippen molar-refractivity contribution in [1.29, 1.82) is 0 Å². The van der Waals surface area contributed by atoms with Gasteiger partial charge in [-0.15, -0.1) is 0 Å². The van der Waals surface area contributed by atoms with Crippen LogP contribution < -0.4 is 10.5 Å². The highest BCUT2D eigenvalue weighted by molar-refractivity contribution is 7.99. The molecule has 0 radical (unpaired) electrons. The highest BCUT2D eigenvalue weighted by atomic mass is 35.5. The summed E-state index contributed by atoms with van der Waals surface area (Å²) in [7, 11) is 0. The maximum absolute atomic E-state index is 13.4. The van der Waals surface area contributed by atoms with Crippen molar-refractivity contribution in [3.8, 4) is 5.69 Å². The van der Waals surface area contributed by atoms with Gasteiger partial charge in [0.15, 0.2) is 10.8 Å². The first kappa shape index (κ1) is 20.5. The zero-order chi connectivity index (χ0) is 22.5. The third-order valence-corrected chi connectivity index (χ3v) is 7.61. The number of nitrogens with zero attached hydrogens (tertiary/aromatic N) is 5. The molecule has 0 spiro atoms. The van der Waals surface area contributed by atoms with E-state index in [4.69, 9.17) is 16.6 Å². The van der Waals surface area contributed by atoms with Crippen molar-refractivity contribution in [1.82, 2.24) is 19.3 Å². The number of halogens is 1. The maximum atomic E-state index is 13.4. The van der Waals surface area contributed by atoms with Gasteiger partial charge in [-0.05, 0) is 48.7 Å². The Morgan fingerprint density at radius 3 is 2.82 bits per heavy atom. The first-order valence-electron chi connectivity index (χ1n) is 10.9. The second-order valence-electron chi connectivity index (χ2n) is 8.29. The average Bonchev–Trinajstić information content (AvgIpc) is 3.44. The summed E-state index contributed by atoms with van der Waals surface area (Å²) in [5, 5.41) is 6.09. The topological polar surface area (TPSA) is 73.0 Å². The van der Waals surface area contributed by atoms with Crippen LogP contribution in [-0.4, -0.2) is 37.5 Å². The van der Waals surface area contributed by atoms with Crippen molar-refractivity contribution in [3.63, 3.8) is 0 Å². The molecule has 4 aromatic rings. The van der Waals surface area contributed by atoms with Crippen LogP contribution in [0.5, 0.6) is 0 Å². The maximum Gasteiger partial charge on any atom is 0.265 e. The molecule has 0 bridgehead atoms. The zero-order valence-electron chi connectivity index (χ0n) is 17.6. The predicted molar refractivity (Wildman–Crippen MR) is 130 cm³/mol. The number of hydrogen-bond donors (Lipinski definition) is 0. The highest BCUT2D eigenvalue weighted by Gasteiger charge is 2.32. The summed E-state index contributed by atoms with van der Waals surface area (Å²) in [6.07, 6.45) is 3.76. The Morgan fingerprint density at radius 1 is 1.15 bits per heavy atom. The molecule has 166 valence electrons. The van der Waals surface area contributed by atoms with Crippen LogP contribution in [0.15, 0.2) is 64.7 Å². The minimum Gasteiger partial charge on any atom is -0.312 e. The number of carbonyl (C=O) groups is 1. The van der Waals surface area contributed by atoms with E-state index >= 15 is 0 Å². The molecule has 6 rings (SSSR count). The lowest BCUT2D eigenvalue weighted by molar-refractivity contribution is -0.119. The van der Waals surface area contributed by atoms with Crippen LogP contribution in [0.2, 0.25) is 5.02 Å². The number of thioether (sulfide) groups is 1. The Morgan fingerprint density at radius 2 is 1.97 bits per heavy atom. The van der Waals surface area contributed by atoms with Crippen LogP contribution in [0.1, 0.15) is 24.4 Å². The average molecular weight is 478 g/mol. The molecular formula is C24H20ClN5O2S. The first-order chi connectivity index (χ1) is 16.1. The molecule has 0 N–H and O–H groups in total. The molecular weight excluding hydrogens is 458 g/mol. The fourth-order valence-corrected chi connectivity index (χ4v) is 5.91. The van der Waals surface area contributed by atoms with Crippen LogP contribution in [-0.2, 0) is 11.2 Å². The van der Waals surface area contributed by atoms with E-state index in [-0.39, 0.29) is 23.9 Å². The first-order valence-corrected chi connectivity index (χ1v) is 12.2. The molecule has 4 heterocycles. The molecule has 2 aliphatic rings. The fraction of sp³-hybridized carbons (Fsp3) is 0.250. The zero-order valence-corrected chi connectivity index (χ0v) is 19.2. The quantitative estimate of drug-likeness (QED) is 0.412. The van der Waals surface area contributed by atoms with Crippen molar-refractivity contribution in [2.24, 2.45) is 0 Å². The Bertz CT molecular complexity index is 1450. The minimum atomic E-state index is -0.227. The lowest BCUT2D eigenvalue weighted by atomic mass is 10.0. The number of benzene rings is 2. The van der Waals surface area contributed by atoms with E-state index in [2.05, 4.69) is 11.2 Å². The van der Waals surface area contributed by atoms with Crippen molar-refractivity contribution >= 4 is 46.0 Å². The number of aryl methyl sites for hydroxylation is 1. The lowest BCUT2D eigenvalue weighted by Crippen LogP contribution is -2.37. The number of carbonyl (C=O) groups excluding carboxylic acids is 1. The second kappa shape index (κ2) is 8.04. The van der Waals surface area contributed by atoms with Crippen molar-refractivity contribution in [3.05, 3.63) is 75.7 Å². The second-order valence-corrected chi connectivity index (χ2v) is 9.71. The Kier molecular flexibility index (Phi) is 4.99. The van der Waals surface area contributed by atoms with Gasteiger partial charge in [0.25, 0.3) is 5.56 Å². The number of para-hydroxylation sites is 1. The number of fused-ring (bicyclic) bond motifs is 3. The largest absolute Gasteiger partial charge is 0.312 e. The summed E-state index contributed by atoms with van der Waals surface area (Å²) in [4.78, 5) is 33.3. The van der Waals surface area contributed by atoms with E-state index in [0.29, 0.717) is 33.5 Å². The molecule has 33 heavy (non-hydrogen) atoms. The van der Waals surface area contributed by atoms with Gasteiger partial charge in [-0.1, -0.05) is 41.6 Å². The van der Waals surface area contributed by atoms with E-state index in [1.54, 1.807) is 27.6 Å². The number of hydrogen-bond acceptors (Lipinski definition) is 5. The molecule has 1 unspecified atom stereocenters. The smallest absolute Gasteiger partial charge is 0.265 e. The van der Waals surface area contributed by atoms with E-state index in [0.717, 1.165) is 24.2 Å². The molecule has 9 heteroatoms. The Hall–Kier alpha value is -3.10. The van der Waals surface area contributed by atoms with E-state index in [9.17, 15) is 9.59 Å². The number of anilines is 1. The van der Waals surface area contributed by atoms with E-state index in [1.165, 1.54) is 17.3 Å². The molecule has 0 saturated carbocycles. The van der Waals surface area contributed by atoms with Gasteiger partial charge in [0.1, 0.15) is 5.39 Å². The third-order valence-electron chi connectivity index (χ3n) is 6.26. The summed E-state index contributed by atoms with van der Waals surface area (Å²) >= 11 is 7.51. The molecule has 2 aliphatic heterocycles. The van der Waals surface area contributed by atoms with Gasteiger partial charge < -0.3 is 4.90 Å². The van der Waals surface area contributed by atoms with Crippen molar-refractivity contribution in [2.45, 2.75) is 30.5 Å². The van der Waals surface area contributed by atoms with Gasteiger partial charge in [-0.2, -0.15) is 5.10 Å². The van der Waals surface area contributed by atoms with Gasteiger partial charge in [0.05, 0.1) is 17.9 Å². The summed E-state index contributed by atoms with van der Waals surface area (Å²) in [6, 6.07) is 15.1. The monoisotopic (exact) mass is 477 g/mol. The minimum absolute atomic E-state index is 0.0458. The molecule has 0 aliphatic carbocycles. The van der Waals surface area contributed by atoms with Crippen LogP contribution in [0.4, 0.5) is 5.69 Å². The van der Waals surface area contributed by atoms with E-state index in [1.807, 2.05) is 35.2 Å². The van der Waals surface area contributed by atoms with Crippen LogP contribution >= 0.6 is 23.4 Å². The van der Waals surface area contributed by atoms with Crippen LogP contribution in [0.25, 0.3) is 16.7 Å². The Labute approximate surface area is 199 Å². The molecule has 7 nitrogen and oxygen atoms in total. The molecule has 0 fully saturated rings. The van der Waals surface area contributed by atoms with E-state index < -0.39 is 0 Å².